The molecule has 0 spiro atoms. The van der Waals surface area contributed by atoms with E-state index in [4.69, 9.17) is 14.6 Å². The molecule has 0 aliphatic heterocycles. The third kappa shape index (κ3) is 5.90. The Morgan fingerprint density at radius 1 is 1.43 bits per heavy atom. The van der Waals surface area contributed by atoms with E-state index in [1.807, 2.05) is 0 Å². The topological polar surface area (TPSA) is 65.0 Å². The summed E-state index contributed by atoms with van der Waals surface area (Å²) in [6.45, 7) is 3.41. The van der Waals surface area contributed by atoms with E-state index < -0.39 is 6.10 Å². The van der Waals surface area contributed by atoms with Gasteiger partial charge in [-0.2, -0.15) is 0 Å². The van der Waals surface area contributed by atoms with Gasteiger partial charge in [-0.3, -0.25) is 4.79 Å². The summed E-state index contributed by atoms with van der Waals surface area (Å²) in [6.07, 6.45) is -0.516. The molecule has 0 aliphatic rings. The van der Waals surface area contributed by atoms with E-state index in [-0.39, 0.29) is 31.9 Å². The molecule has 0 radical (unpaired) electrons. The predicted octanol–water partition coefficient (Wildman–Crippen LogP) is 0.167. The Morgan fingerprint density at radius 2 is 2.07 bits per heavy atom. The van der Waals surface area contributed by atoms with E-state index in [1.54, 1.807) is 13.8 Å². The molecule has 0 amide bonds. The molecule has 0 heterocycles. The van der Waals surface area contributed by atoms with E-state index >= 15 is 0 Å². The van der Waals surface area contributed by atoms with Crippen molar-refractivity contribution >= 4 is 5.97 Å². The van der Waals surface area contributed by atoms with Crippen molar-refractivity contribution in [3.8, 4) is 0 Å². The lowest BCUT2D eigenvalue weighted by Gasteiger charge is -2.15. The summed E-state index contributed by atoms with van der Waals surface area (Å²) in [5.41, 5.74) is 0. The second-order valence-corrected chi connectivity index (χ2v) is 3.16. The zero-order chi connectivity index (χ0) is 11.0. The lowest BCUT2D eigenvalue weighted by atomic mass is 10.2. The van der Waals surface area contributed by atoms with Gasteiger partial charge in [-0.25, -0.2) is 0 Å². The summed E-state index contributed by atoms with van der Waals surface area (Å²) in [6, 6.07) is 0. The Kier molecular flexibility index (Phi) is 7.37. The van der Waals surface area contributed by atoms with Gasteiger partial charge < -0.3 is 19.3 Å². The largest absolute Gasteiger partial charge is 0.463 e. The first kappa shape index (κ1) is 13.4. The van der Waals surface area contributed by atoms with Gasteiger partial charge in [0.2, 0.25) is 0 Å². The average molecular weight is 206 g/mol. The van der Waals surface area contributed by atoms with Crippen LogP contribution in [0.1, 0.15) is 13.8 Å². The maximum Gasteiger partial charge on any atom is 0.308 e. The minimum absolute atomic E-state index is 0.0525. The summed E-state index contributed by atoms with van der Waals surface area (Å²) < 4.78 is 14.5. The van der Waals surface area contributed by atoms with Crippen molar-refractivity contribution in [2.45, 2.75) is 20.0 Å². The fourth-order valence-electron chi connectivity index (χ4n) is 0.660. The summed E-state index contributed by atoms with van der Waals surface area (Å²) in [4.78, 5) is 11.0. The standard InChI is InChI=1S/C9H18O5/c1-7(2)9(11)13-5-8(4-10)14-6-12-3/h7-8,10H,4-6H2,1-3H3/t8-/m1/s1. The fourth-order valence-corrected chi connectivity index (χ4v) is 0.660. The van der Waals surface area contributed by atoms with Gasteiger partial charge in [-0.1, -0.05) is 13.8 Å². The van der Waals surface area contributed by atoms with Crippen molar-refractivity contribution in [2.75, 3.05) is 27.1 Å². The molecule has 84 valence electrons. The molecule has 1 atom stereocenters. The Balaban J connectivity index is 3.66. The van der Waals surface area contributed by atoms with Crippen LogP contribution in [0.25, 0.3) is 0 Å². The molecule has 5 nitrogen and oxygen atoms in total. The van der Waals surface area contributed by atoms with Crippen LogP contribution in [0, 0.1) is 5.92 Å². The molecule has 0 rings (SSSR count). The zero-order valence-electron chi connectivity index (χ0n) is 8.86. The first-order chi connectivity index (χ1) is 6.61. The number of carbonyl (C=O) groups is 1. The quantitative estimate of drug-likeness (QED) is 0.475. The number of hydrogen-bond acceptors (Lipinski definition) is 5. The van der Waals surface area contributed by atoms with Crippen LogP contribution in [0.15, 0.2) is 0 Å². The van der Waals surface area contributed by atoms with E-state index in [9.17, 15) is 4.79 Å². The second-order valence-electron chi connectivity index (χ2n) is 3.16. The zero-order valence-corrected chi connectivity index (χ0v) is 8.86. The molecule has 14 heavy (non-hydrogen) atoms. The van der Waals surface area contributed by atoms with Crippen LogP contribution in [-0.4, -0.2) is 44.3 Å². The minimum atomic E-state index is -0.516. The number of ether oxygens (including phenoxy) is 3. The van der Waals surface area contributed by atoms with Gasteiger partial charge in [0.25, 0.3) is 0 Å². The van der Waals surface area contributed by atoms with Crippen LogP contribution in [0.5, 0.6) is 0 Å². The molecule has 0 saturated heterocycles. The van der Waals surface area contributed by atoms with Crippen molar-refractivity contribution in [3.63, 3.8) is 0 Å². The van der Waals surface area contributed by atoms with Crippen molar-refractivity contribution in [2.24, 2.45) is 5.92 Å². The SMILES string of the molecule is COCO[C@H](CO)COC(=O)C(C)C. The first-order valence-electron chi connectivity index (χ1n) is 4.49. The first-order valence-corrected chi connectivity index (χ1v) is 4.49. The third-order valence-corrected chi connectivity index (χ3v) is 1.51. The molecule has 0 aromatic carbocycles. The molecular weight excluding hydrogens is 188 g/mol. The monoisotopic (exact) mass is 206 g/mol. The molecule has 0 bridgehead atoms. The number of hydrogen-bond donors (Lipinski definition) is 1. The van der Waals surface area contributed by atoms with Gasteiger partial charge in [0, 0.05) is 7.11 Å². The Morgan fingerprint density at radius 3 is 2.50 bits per heavy atom. The number of esters is 1. The average Bonchev–Trinajstić information content (AvgIpc) is 2.17. The van der Waals surface area contributed by atoms with Crippen LogP contribution in [0.4, 0.5) is 0 Å². The van der Waals surface area contributed by atoms with E-state index in [2.05, 4.69) is 4.74 Å². The smallest absolute Gasteiger partial charge is 0.308 e. The van der Waals surface area contributed by atoms with Crippen LogP contribution in [0.2, 0.25) is 0 Å². The third-order valence-electron chi connectivity index (χ3n) is 1.51. The van der Waals surface area contributed by atoms with Gasteiger partial charge >= 0.3 is 5.97 Å². The van der Waals surface area contributed by atoms with Gasteiger partial charge in [0.15, 0.2) is 0 Å². The summed E-state index contributed by atoms with van der Waals surface area (Å²) in [7, 11) is 1.48. The maximum absolute atomic E-state index is 11.0. The van der Waals surface area contributed by atoms with Crippen molar-refractivity contribution in [1.29, 1.82) is 0 Å². The molecule has 0 saturated carbocycles. The van der Waals surface area contributed by atoms with Gasteiger partial charge in [-0.15, -0.1) is 0 Å². The molecule has 0 aromatic heterocycles. The van der Waals surface area contributed by atoms with E-state index in [0.29, 0.717) is 0 Å². The number of methoxy groups -OCH3 is 1. The highest BCUT2D eigenvalue weighted by Gasteiger charge is 2.13. The number of carbonyl (C=O) groups excluding carboxylic acids is 1. The normalized spacial score (nSPS) is 12.9. The summed E-state index contributed by atoms with van der Waals surface area (Å²) >= 11 is 0. The van der Waals surface area contributed by atoms with Crippen molar-refractivity contribution in [1.82, 2.24) is 0 Å². The molecule has 0 fully saturated rings. The summed E-state index contributed by atoms with van der Waals surface area (Å²) in [5.74, 6) is -0.471. The lowest BCUT2D eigenvalue weighted by molar-refractivity contribution is -0.157. The Hall–Kier alpha value is -0.650. The molecule has 0 aliphatic carbocycles. The van der Waals surface area contributed by atoms with Gasteiger partial charge in [-0.05, 0) is 0 Å². The predicted molar refractivity (Wildman–Crippen MR) is 49.6 cm³/mol. The van der Waals surface area contributed by atoms with E-state index in [1.165, 1.54) is 7.11 Å². The number of rotatable bonds is 7. The minimum Gasteiger partial charge on any atom is -0.463 e. The highest BCUT2D eigenvalue weighted by atomic mass is 16.7. The second kappa shape index (κ2) is 7.73. The van der Waals surface area contributed by atoms with Gasteiger partial charge in [0.05, 0.1) is 12.5 Å². The number of aliphatic hydroxyl groups excluding tert-OH is 1. The van der Waals surface area contributed by atoms with Crippen molar-refractivity contribution < 1.29 is 24.1 Å². The van der Waals surface area contributed by atoms with E-state index in [0.717, 1.165) is 0 Å². The van der Waals surface area contributed by atoms with Crippen LogP contribution >= 0.6 is 0 Å². The van der Waals surface area contributed by atoms with Crippen LogP contribution in [-0.2, 0) is 19.0 Å². The summed E-state index contributed by atoms with van der Waals surface area (Å²) in [5, 5.41) is 8.83. The molecular formula is C9H18O5. The molecule has 5 heteroatoms. The lowest BCUT2D eigenvalue weighted by Crippen LogP contribution is -2.27. The highest BCUT2D eigenvalue weighted by molar-refractivity contribution is 5.71. The van der Waals surface area contributed by atoms with Crippen LogP contribution in [0.3, 0.4) is 0 Å². The Bertz CT molecular complexity index is 157. The fraction of sp³-hybridized carbons (Fsp3) is 0.889. The molecule has 0 unspecified atom stereocenters. The number of aliphatic hydroxyl groups is 1. The molecule has 1 N–H and O–H groups in total. The van der Waals surface area contributed by atoms with Crippen molar-refractivity contribution in [3.05, 3.63) is 0 Å². The Labute approximate surface area is 84.0 Å². The van der Waals surface area contributed by atoms with Gasteiger partial charge in [0.1, 0.15) is 19.5 Å². The van der Waals surface area contributed by atoms with Crippen LogP contribution < -0.4 is 0 Å². The molecule has 0 aromatic rings. The highest BCUT2D eigenvalue weighted by Crippen LogP contribution is 1.99. The maximum atomic E-state index is 11.0.